The first kappa shape index (κ1) is 26.4. The number of hydrogen-bond acceptors (Lipinski definition) is 7. The van der Waals surface area contributed by atoms with Crippen LogP contribution >= 0.6 is 0 Å². The van der Waals surface area contributed by atoms with E-state index in [1.807, 2.05) is 36.4 Å². The van der Waals surface area contributed by atoms with Crippen LogP contribution in [-0.4, -0.2) is 23.7 Å². The average molecular weight is 539 g/mol. The van der Waals surface area contributed by atoms with Crippen LogP contribution in [0.2, 0.25) is 0 Å². The first-order valence-corrected chi connectivity index (χ1v) is 12.5. The van der Waals surface area contributed by atoms with Gasteiger partial charge in [0.15, 0.2) is 11.5 Å². The molecule has 7 nitrogen and oxygen atoms in total. The molecule has 1 heterocycles. The van der Waals surface area contributed by atoms with Crippen molar-refractivity contribution in [1.82, 2.24) is 4.98 Å². The lowest BCUT2D eigenvalue weighted by molar-refractivity contribution is -0.166. The van der Waals surface area contributed by atoms with Gasteiger partial charge in [-0.3, -0.25) is 4.79 Å². The number of pyridine rings is 1. The number of methoxy groups -OCH3 is 1. The molecule has 3 aliphatic carbocycles. The van der Waals surface area contributed by atoms with Gasteiger partial charge in [0.05, 0.1) is 24.2 Å². The first-order chi connectivity index (χ1) is 18.8. The molecule has 3 saturated carbocycles. The molecule has 0 unspecified atom stereocenters. The largest absolute Gasteiger partial charge is 0.485 e. The van der Waals surface area contributed by atoms with Crippen molar-refractivity contribution in [2.75, 3.05) is 7.11 Å². The van der Waals surface area contributed by atoms with Gasteiger partial charge in [-0.1, -0.05) is 30.3 Å². The van der Waals surface area contributed by atoms with Gasteiger partial charge in [0.2, 0.25) is 17.4 Å². The second-order valence-electron chi connectivity index (χ2n) is 9.87. The number of aromatic nitrogens is 1. The molecular formula is C29H25F3N2O5. The average Bonchev–Trinajstić information content (AvgIpc) is 2.98. The zero-order valence-electron chi connectivity index (χ0n) is 21.1. The lowest BCUT2D eigenvalue weighted by Crippen LogP contribution is -2.52. The Labute approximate surface area is 223 Å². The van der Waals surface area contributed by atoms with Gasteiger partial charge in [-0.2, -0.15) is 23.4 Å². The van der Waals surface area contributed by atoms with Crippen LogP contribution in [0.15, 0.2) is 48.5 Å². The molecule has 0 N–H and O–H groups in total. The Morgan fingerprint density at radius 1 is 0.974 bits per heavy atom. The van der Waals surface area contributed by atoms with Crippen LogP contribution in [0.3, 0.4) is 0 Å². The normalized spacial score (nSPS) is 21.6. The molecule has 0 radical (unpaired) electrons. The number of benzene rings is 2. The molecule has 1 aromatic heterocycles. The molecule has 0 spiro atoms. The SMILES string of the molecule is COC(=O)C12CCC(Oc3c(F)c(F)nc(Oc4cc(C#N)ccc4OCc4ccccc4)c3F)(CC1)CC2. The maximum Gasteiger partial charge on any atom is 0.311 e. The summed E-state index contributed by atoms with van der Waals surface area (Å²) in [5.74, 6) is -6.57. The highest BCUT2D eigenvalue weighted by Crippen LogP contribution is 2.55. The Hall–Kier alpha value is -4.26. The molecule has 3 fully saturated rings. The summed E-state index contributed by atoms with van der Waals surface area (Å²) in [5.41, 5.74) is -0.575. The molecule has 6 rings (SSSR count). The number of nitriles is 1. The van der Waals surface area contributed by atoms with Crippen LogP contribution in [0.4, 0.5) is 13.2 Å². The van der Waals surface area contributed by atoms with E-state index >= 15 is 4.39 Å². The van der Waals surface area contributed by atoms with Crippen molar-refractivity contribution in [3.05, 3.63) is 77.2 Å². The van der Waals surface area contributed by atoms with Crippen molar-refractivity contribution in [3.63, 3.8) is 0 Å². The third-order valence-electron chi connectivity index (χ3n) is 7.60. The molecule has 2 bridgehead atoms. The quantitative estimate of drug-likeness (QED) is 0.243. The van der Waals surface area contributed by atoms with E-state index in [2.05, 4.69) is 4.98 Å². The van der Waals surface area contributed by atoms with Crippen molar-refractivity contribution in [2.45, 2.75) is 50.7 Å². The molecule has 0 aliphatic heterocycles. The Bertz CT molecular complexity index is 1420. The molecule has 202 valence electrons. The van der Waals surface area contributed by atoms with Crippen LogP contribution in [0.25, 0.3) is 0 Å². The number of hydrogen-bond donors (Lipinski definition) is 0. The Balaban J connectivity index is 1.41. The van der Waals surface area contributed by atoms with E-state index in [0.29, 0.717) is 38.5 Å². The van der Waals surface area contributed by atoms with Crippen LogP contribution in [0, 0.1) is 34.3 Å². The van der Waals surface area contributed by atoms with E-state index in [-0.39, 0.29) is 29.6 Å². The zero-order chi connectivity index (χ0) is 27.6. The number of carbonyl (C=O) groups is 1. The van der Waals surface area contributed by atoms with E-state index in [1.165, 1.54) is 25.3 Å². The van der Waals surface area contributed by atoms with Crippen molar-refractivity contribution < 1.29 is 36.9 Å². The molecule has 0 atom stereocenters. The number of ether oxygens (including phenoxy) is 4. The van der Waals surface area contributed by atoms with Gasteiger partial charge in [-0.05, 0) is 56.2 Å². The first-order valence-electron chi connectivity index (χ1n) is 12.5. The van der Waals surface area contributed by atoms with Crippen LogP contribution in [0.5, 0.6) is 23.1 Å². The minimum absolute atomic E-state index is 0.107. The van der Waals surface area contributed by atoms with E-state index in [4.69, 9.17) is 18.9 Å². The summed E-state index contributed by atoms with van der Waals surface area (Å²) < 4.78 is 67.2. The number of halogens is 3. The fourth-order valence-corrected chi connectivity index (χ4v) is 5.29. The molecular weight excluding hydrogens is 513 g/mol. The zero-order valence-corrected chi connectivity index (χ0v) is 21.1. The van der Waals surface area contributed by atoms with Gasteiger partial charge < -0.3 is 18.9 Å². The highest BCUT2D eigenvalue weighted by Gasteiger charge is 2.55. The summed E-state index contributed by atoms with van der Waals surface area (Å²) >= 11 is 0. The minimum atomic E-state index is -1.60. The third-order valence-corrected chi connectivity index (χ3v) is 7.60. The minimum Gasteiger partial charge on any atom is -0.485 e. The van der Waals surface area contributed by atoms with Crippen LogP contribution in [-0.2, 0) is 16.1 Å². The fraction of sp³-hybridized carbons (Fsp3) is 0.345. The maximum absolute atomic E-state index is 15.6. The number of nitrogens with zero attached hydrogens (tertiary/aromatic N) is 2. The molecule has 0 saturated heterocycles. The molecule has 3 aliphatic rings. The summed E-state index contributed by atoms with van der Waals surface area (Å²) in [6, 6.07) is 15.4. The van der Waals surface area contributed by atoms with Gasteiger partial charge in [0.1, 0.15) is 12.2 Å². The van der Waals surface area contributed by atoms with Gasteiger partial charge in [-0.15, -0.1) is 0 Å². The van der Waals surface area contributed by atoms with Gasteiger partial charge in [0, 0.05) is 6.07 Å². The standard InChI is InChI=1S/C29H25F3N2O5/c1-36-27(35)28-9-12-29(13-10-28,14-11-28)39-24-22(30)25(32)34-26(23(24)31)38-21-15-19(16-33)7-8-20(21)37-17-18-5-3-2-4-6-18/h2-8,15H,9-14,17H2,1H3. The Kier molecular flexibility index (Phi) is 7.08. The van der Waals surface area contributed by atoms with Gasteiger partial charge >= 0.3 is 5.97 Å². The third kappa shape index (κ3) is 5.09. The fourth-order valence-electron chi connectivity index (χ4n) is 5.29. The Morgan fingerprint density at radius 2 is 1.67 bits per heavy atom. The van der Waals surface area contributed by atoms with E-state index < -0.39 is 40.2 Å². The summed E-state index contributed by atoms with van der Waals surface area (Å²) in [6.45, 7) is 0.140. The smallest absolute Gasteiger partial charge is 0.311 e. The lowest BCUT2D eigenvalue weighted by atomic mass is 9.58. The van der Waals surface area contributed by atoms with E-state index in [0.717, 1.165) is 5.56 Å². The van der Waals surface area contributed by atoms with Gasteiger partial charge in [0.25, 0.3) is 11.8 Å². The van der Waals surface area contributed by atoms with Gasteiger partial charge in [-0.25, -0.2) is 0 Å². The van der Waals surface area contributed by atoms with Crippen molar-refractivity contribution in [2.24, 2.45) is 5.41 Å². The Morgan fingerprint density at radius 3 is 2.31 bits per heavy atom. The van der Waals surface area contributed by atoms with Crippen LogP contribution < -0.4 is 14.2 Å². The van der Waals surface area contributed by atoms with Crippen LogP contribution in [0.1, 0.15) is 49.7 Å². The van der Waals surface area contributed by atoms with E-state index in [9.17, 15) is 18.8 Å². The summed E-state index contributed by atoms with van der Waals surface area (Å²) in [7, 11) is 1.33. The number of esters is 1. The molecule has 10 heteroatoms. The summed E-state index contributed by atoms with van der Waals surface area (Å²) in [4.78, 5) is 15.6. The predicted octanol–water partition coefficient (Wildman–Crippen LogP) is 6.39. The van der Waals surface area contributed by atoms with E-state index in [1.54, 1.807) is 0 Å². The molecule has 3 aromatic rings. The van der Waals surface area contributed by atoms with Crippen molar-refractivity contribution in [1.29, 1.82) is 5.26 Å². The summed E-state index contributed by atoms with van der Waals surface area (Å²) in [5, 5.41) is 9.32. The highest BCUT2D eigenvalue weighted by molar-refractivity contribution is 5.77. The number of fused-ring (bicyclic) bond motifs is 3. The maximum atomic E-state index is 15.6. The molecule has 2 aromatic carbocycles. The second kappa shape index (κ2) is 10.5. The highest BCUT2D eigenvalue weighted by atomic mass is 19.2. The lowest BCUT2D eigenvalue weighted by Gasteiger charge is -2.51. The summed E-state index contributed by atoms with van der Waals surface area (Å²) in [6.07, 6.45) is 2.35. The molecule has 39 heavy (non-hydrogen) atoms. The topological polar surface area (TPSA) is 90.7 Å². The number of carbonyl (C=O) groups excluding carboxylic acids is 1. The van der Waals surface area contributed by atoms with Crippen molar-refractivity contribution in [3.8, 4) is 29.2 Å². The monoisotopic (exact) mass is 538 g/mol. The van der Waals surface area contributed by atoms with Crippen molar-refractivity contribution >= 4 is 5.97 Å². The second-order valence-corrected chi connectivity index (χ2v) is 9.87. The predicted molar refractivity (Wildman–Crippen MR) is 132 cm³/mol. The number of rotatable bonds is 8. The molecule has 0 amide bonds.